The average Bonchev–Trinajstić information content (AvgIpc) is 2.65. The van der Waals surface area contributed by atoms with E-state index < -0.39 is 0 Å². The fourth-order valence-electron chi connectivity index (χ4n) is 2.82. The van der Waals surface area contributed by atoms with Crippen molar-refractivity contribution >= 4 is 45.9 Å². The summed E-state index contributed by atoms with van der Waals surface area (Å²) in [5, 5.41) is 4.44. The molecule has 0 spiro atoms. The van der Waals surface area contributed by atoms with Crippen LogP contribution in [0.3, 0.4) is 0 Å². The third kappa shape index (κ3) is 4.75. The molecule has 0 aliphatic rings. The monoisotopic (exact) mass is 415 g/mol. The van der Waals surface area contributed by atoms with Gasteiger partial charge in [-0.1, -0.05) is 55.4 Å². The number of amides is 1. The van der Waals surface area contributed by atoms with Crippen molar-refractivity contribution in [1.82, 2.24) is 9.55 Å². The molecule has 2 aromatic carbocycles. The van der Waals surface area contributed by atoms with E-state index in [0.29, 0.717) is 33.3 Å². The molecule has 0 aliphatic carbocycles. The van der Waals surface area contributed by atoms with E-state index in [2.05, 4.69) is 10.3 Å². The van der Waals surface area contributed by atoms with Gasteiger partial charge in [-0.05, 0) is 42.7 Å². The molecule has 0 saturated carbocycles. The van der Waals surface area contributed by atoms with Gasteiger partial charge < -0.3 is 5.32 Å². The maximum atomic E-state index is 12.9. The van der Waals surface area contributed by atoms with Crippen molar-refractivity contribution in [3.63, 3.8) is 0 Å². The Morgan fingerprint density at radius 2 is 2.00 bits per heavy atom. The summed E-state index contributed by atoms with van der Waals surface area (Å²) in [6, 6.07) is 12.7. The van der Waals surface area contributed by atoms with Crippen LogP contribution in [-0.4, -0.2) is 21.2 Å². The standard InChI is InChI=1S/C21H22ClN3O2S/c1-13(2)11-25-20(27)15-6-4-5-7-17(15)24-21(25)28-12-19(26)23-18-9-8-14(3)10-16(18)22/h4-10,13H,11-12H2,1-3H3,(H,23,26). The summed E-state index contributed by atoms with van der Waals surface area (Å²) in [4.78, 5) is 29.9. The zero-order valence-electron chi connectivity index (χ0n) is 16.0. The van der Waals surface area contributed by atoms with Crippen LogP contribution in [-0.2, 0) is 11.3 Å². The van der Waals surface area contributed by atoms with Gasteiger partial charge >= 0.3 is 0 Å². The number of carbonyl (C=O) groups excluding carboxylic acids is 1. The SMILES string of the molecule is Cc1ccc(NC(=O)CSc2nc3ccccc3c(=O)n2CC(C)C)c(Cl)c1. The van der Waals surface area contributed by atoms with Gasteiger partial charge in [0.05, 0.1) is 27.4 Å². The second kappa shape index (κ2) is 8.80. The quantitative estimate of drug-likeness (QED) is 0.466. The fraction of sp³-hybridized carbons (Fsp3) is 0.286. The second-order valence-electron chi connectivity index (χ2n) is 7.04. The van der Waals surface area contributed by atoms with Crippen LogP contribution in [0.5, 0.6) is 0 Å². The Labute approximate surface area is 173 Å². The van der Waals surface area contributed by atoms with Gasteiger partial charge in [-0.2, -0.15) is 0 Å². The summed E-state index contributed by atoms with van der Waals surface area (Å²) in [6.45, 7) is 6.57. The first-order valence-electron chi connectivity index (χ1n) is 9.03. The third-order valence-electron chi connectivity index (χ3n) is 4.11. The highest BCUT2D eigenvalue weighted by molar-refractivity contribution is 7.99. The topological polar surface area (TPSA) is 64.0 Å². The molecule has 0 unspecified atom stereocenters. The number of rotatable bonds is 6. The van der Waals surface area contributed by atoms with Crippen molar-refractivity contribution in [1.29, 1.82) is 0 Å². The molecule has 3 rings (SSSR count). The molecule has 0 fully saturated rings. The highest BCUT2D eigenvalue weighted by Crippen LogP contribution is 2.24. The molecule has 0 radical (unpaired) electrons. The molecule has 5 nitrogen and oxygen atoms in total. The summed E-state index contributed by atoms with van der Waals surface area (Å²) < 4.78 is 1.66. The van der Waals surface area contributed by atoms with Gasteiger partial charge in [0.15, 0.2) is 5.16 Å². The lowest BCUT2D eigenvalue weighted by atomic mass is 10.2. The molecule has 0 saturated heterocycles. The van der Waals surface area contributed by atoms with Crippen LogP contribution < -0.4 is 10.9 Å². The molecule has 0 aliphatic heterocycles. The van der Waals surface area contributed by atoms with Crippen molar-refractivity contribution in [2.45, 2.75) is 32.5 Å². The normalized spacial score (nSPS) is 11.2. The van der Waals surface area contributed by atoms with Crippen molar-refractivity contribution in [2.24, 2.45) is 5.92 Å². The van der Waals surface area contributed by atoms with Crippen LogP contribution in [0.15, 0.2) is 52.4 Å². The number of nitrogens with one attached hydrogen (secondary N) is 1. The first kappa shape index (κ1) is 20.4. The highest BCUT2D eigenvalue weighted by Gasteiger charge is 2.14. The van der Waals surface area contributed by atoms with E-state index in [4.69, 9.17) is 11.6 Å². The summed E-state index contributed by atoms with van der Waals surface area (Å²) in [6.07, 6.45) is 0. The highest BCUT2D eigenvalue weighted by atomic mass is 35.5. The lowest BCUT2D eigenvalue weighted by Crippen LogP contribution is -2.26. The van der Waals surface area contributed by atoms with Crippen LogP contribution >= 0.6 is 23.4 Å². The van der Waals surface area contributed by atoms with Crippen LogP contribution in [0, 0.1) is 12.8 Å². The number of para-hydroxylation sites is 1. The van der Waals surface area contributed by atoms with E-state index in [-0.39, 0.29) is 23.1 Å². The van der Waals surface area contributed by atoms with Crippen molar-refractivity contribution in [2.75, 3.05) is 11.1 Å². The molecule has 28 heavy (non-hydrogen) atoms. The zero-order chi connectivity index (χ0) is 20.3. The van der Waals surface area contributed by atoms with Gasteiger partial charge in [-0.3, -0.25) is 14.2 Å². The predicted molar refractivity (Wildman–Crippen MR) is 116 cm³/mol. The maximum Gasteiger partial charge on any atom is 0.262 e. The zero-order valence-corrected chi connectivity index (χ0v) is 17.6. The Hall–Kier alpha value is -2.31. The number of aromatic nitrogens is 2. The number of anilines is 1. The Morgan fingerprint density at radius 3 is 2.71 bits per heavy atom. The molecule has 7 heteroatoms. The Morgan fingerprint density at radius 1 is 1.25 bits per heavy atom. The smallest absolute Gasteiger partial charge is 0.262 e. The Kier molecular flexibility index (Phi) is 6.42. The first-order valence-corrected chi connectivity index (χ1v) is 10.4. The molecule has 1 N–H and O–H groups in total. The van der Waals surface area contributed by atoms with Crippen LogP contribution in [0.2, 0.25) is 5.02 Å². The number of hydrogen-bond acceptors (Lipinski definition) is 4. The Balaban J connectivity index is 1.82. The van der Waals surface area contributed by atoms with Gasteiger partial charge in [0, 0.05) is 6.54 Å². The van der Waals surface area contributed by atoms with Crippen LogP contribution in [0.1, 0.15) is 19.4 Å². The minimum atomic E-state index is -0.200. The van der Waals surface area contributed by atoms with Crippen LogP contribution in [0.4, 0.5) is 5.69 Å². The summed E-state index contributed by atoms with van der Waals surface area (Å²) in [5.41, 5.74) is 2.15. The molecule has 0 atom stereocenters. The number of halogens is 1. The molecule has 1 heterocycles. The molecular formula is C21H22ClN3O2S. The van der Waals surface area contributed by atoms with E-state index in [1.54, 1.807) is 22.8 Å². The van der Waals surface area contributed by atoms with Crippen molar-refractivity contribution < 1.29 is 4.79 Å². The van der Waals surface area contributed by atoms with E-state index in [1.807, 2.05) is 45.0 Å². The van der Waals surface area contributed by atoms with E-state index >= 15 is 0 Å². The van der Waals surface area contributed by atoms with E-state index in [9.17, 15) is 9.59 Å². The molecule has 0 bridgehead atoms. The molecule has 3 aromatic rings. The lowest BCUT2D eigenvalue weighted by Gasteiger charge is -2.15. The number of thioether (sulfide) groups is 1. The first-order chi connectivity index (χ1) is 13.3. The minimum Gasteiger partial charge on any atom is -0.324 e. The van der Waals surface area contributed by atoms with Gasteiger partial charge in [0.1, 0.15) is 0 Å². The number of aryl methyl sites for hydroxylation is 1. The summed E-state index contributed by atoms with van der Waals surface area (Å²) in [7, 11) is 0. The summed E-state index contributed by atoms with van der Waals surface area (Å²) in [5.74, 6) is 0.210. The number of benzene rings is 2. The van der Waals surface area contributed by atoms with Gasteiger partial charge in [-0.25, -0.2) is 4.98 Å². The third-order valence-corrected chi connectivity index (χ3v) is 5.39. The average molecular weight is 416 g/mol. The van der Waals surface area contributed by atoms with Gasteiger partial charge in [0.25, 0.3) is 5.56 Å². The lowest BCUT2D eigenvalue weighted by molar-refractivity contribution is -0.113. The Bertz CT molecular complexity index is 1080. The van der Waals surface area contributed by atoms with E-state index in [1.165, 1.54) is 11.8 Å². The number of hydrogen-bond donors (Lipinski definition) is 1. The maximum absolute atomic E-state index is 12.9. The van der Waals surface area contributed by atoms with E-state index in [0.717, 1.165) is 5.56 Å². The van der Waals surface area contributed by atoms with Crippen LogP contribution in [0.25, 0.3) is 10.9 Å². The molecule has 1 aromatic heterocycles. The predicted octanol–water partition coefficient (Wildman–Crippen LogP) is 4.75. The fourth-order valence-corrected chi connectivity index (χ4v) is 3.91. The van der Waals surface area contributed by atoms with Crippen molar-refractivity contribution in [3.05, 3.63) is 63.4 Å². The second-order valence-corrected chi connectivity index (χ2v) is 8.39. The van der Waals surface area contributed by atoms with Gasteiger partial charge in [-0.15, -0.1) is 0 Å². The largest absolute Gasteiger partial charge is 0.324 e. The minimum absolute atomic E-state index is 0.0798. The van der Waals surface area contributed by atoms with Crippen molar-refractivity contribution in [3.8, 4) is 0 Å². The van der Waals surface area contributed by atoms with Gasteiger partial charge in [0.2, 0.25) is 5.91 Å². The summed E-state index contributed by atoms with van der Waals surface area (Å²) >= 11 is 7.43. The number of fused-ring (bicyclic) bond motifs is 1. The molecular weight excluding hydrogens is 394 g/mol. The number of carbonyl (C=O) groups is 1. The molecule has 1 amide bonds. The number of nitrogens with zero attached hydrogens (tertiary/aromatic N) is 2. The molecule has 146 valence electrons.